The highest BCUT2D eigenvalue weighted by molar-refractivity contribution is 5.72. The molecule has 2 heteroatoms. The van der Waals surface area contributed by atoms with Crippen LogP contribution in [0.3, 0.4) is 0 Å². The summed E-state index contributed by atoms with van der Waals surface area (Å²) in [5, 5.41) is 11.3. The van der Waals surface area contributed by atoms with Gasteiger partial charge in [0.15, 0.2) is 0 Å². The lowest BCUT2D eigenvalue weighted by molar-refractivity contribution is -0.322. The Hall–Kier alpha value is -0.660. The third kappa shape index (κ3) is 3.43. The minimum atomic E-state index is -0.797. The Balaban J connectivity index is 0.00000225. The largest absolute Gasteiger partial charge is 0.550 e. The van der Waals surface area contributed by atoms with E-state index in [1.54, 1.807) is 0 Å². The van der Waals surface area contributed by atoms with Crippen LogP contribution in [-0.2, 0) is 4.79 Å². The fourth-order valence-electron chi connectivity index (χ4n) is 2.85. The molecule has 0 aromatic rings. The van der Waals surface area contributed by atoms with Crippen LogP contribution < -0.4 is 5.11 Å². The predicted octanol–water partition coefficient (Wildman–Crippen LogP) is 2.96. The van der Waals surface area contributed by atoms with E-state index in [2.05, 4.69) is 13.8 Å². The SMILES string of the molecule is CCC(CC)CC1(C(=O)[O-])CCCCC1.[CH3+]. The molecular formula is C14H26O2. The molecule has 94 valence electrons. The monoisotopic (exact) mass is 226 g/mol. The Morgan fingerprint density at radius 2 is 1.69 bits per heavy atom. The molecule has 0 aromatic carbocycles. The van der Waals surface area contributed by atoms with Gasteiger partial charge in [0.25, 0.3) is 0 Å². The summed E-state index contributed by atoms with van der Waals surface area (Å²) >= 11 is 0. The second kappa shape index (κ2) is 6.82. The van der Waals surface area contributed by atoms with Gasteiger partial charge in [0.05, 0.1) is 0 Å². The number of carboxylic acid groups (broad SMARTS) is 1. The van der Waals surface area contributed by atoms with Gasteiger partial charge in [-0.1, -0.05) is 46.0 Å². The van der Waals surface area contributed by atoms with Crippen molar-refractivity contribution in [3.63, 3.8) is 0 Å². The van der Waals surface area contributed by atoms with E-state index in [0.29, 0.717) is 5.92 Å². The van der Waals surface area contributed by atoms with Crippen molar-refractivity contribution < 1.29 is 9.90 Å². The molecule has 0 aliphatic heterocycles. The number of carboxylic acids is 1. The Bertz CT molecular complexity index is 201. The van der Waals surface area contributed by atoms with Crippen LogP contribution in [0.15, 0.2) is 0 Å². The molecule has 1 saturated carbocycles. The summed E-state index contributed by atoms with van der Waals surface area (Å²) in [5.74, 6) is -0.241. The van der Waals surface area contributed by atoms with Crippen molar-refractivity contribution in [2.24, 2.45) is 11.3 Å². The lowest BCUT2D eigenvalue weighted by atomic mass is 9.68. The zero-order valence-electron chi connectivity index (χ0n) is 11.1. The van der Waals surface area contributed by atoms with Gasteiger partial charge < -0.3 is 9.90 Å². The molecule has 1 aliphatic carbocycles. The number of hydrogen-bond donors (Lipinski definition) is 0. The second-order valence-electron chi connectivity index (χ2n) is 5.02. The summed E-state index contributed by atoms with van der Waals surface area (Å²) in [4.78, 5) is 11.3. The molecule has 0 radical (unpaired) electrons. The lowest BCUT2D eigenvalue weighted by Gasteiger charge is -2.40. The molecule has 0 unspecified atom stereocenters. The van der Waals surface area contributed by atoms with Crippen molar-refractivity contribution in [1.29, 1.82) is 0 Å². The van der Waals surface area contributed by atoms with Crippen LogP contribution >= 0.6 is 0 Å². The Morgan fingerprint density at radius 3 is 2.06 bits per heavy atom. The quantitative estimate of drug-likeness (QED) is 0.676. The maximum absolute atomic E-state index is 11.3. The smallest absolute Gasteiger partial charge is 0.0476 e. The molecule has 0 N–H and O–H groups in total. The Labute approximate surface area is 100 Å². The van der Waals surface area contributed by atoms with Crippen molar-refractivity contribution >= 4 is 5.97 Å². The Morgan fingerprint density at radius 1 is 1.19 bits per heavy atom. The average molecular weight is 226 g/mol. The van der Waals surface area contributed by atoms with Crippen LogP contribution in [0, 0.1) is 18.8 Å². The van der Waals surface area contributed by atoms with E-state index in [1.807, 2.05) is 0 Å². The van der Waals surface area contributed by atoms with E-state index >= 15 is 0 Å². The molecule has 0 heterocycles. The summed E-state index contributed by atoms with van der Waals surface area (Å²) < 4.78 is 0. The zero-order chi connectivity index (χ0) is 11.3. The van der Waals surface area contributed by atoms with Gasteiger partial charge in [0.1, 0.15) is 0 Å². The van der Waals surface area contributed by atoms with Crippen molar-refractivity contribution in [2.75, 3.05) is 0 Å². The average Bonchev–Trinajstić information content (AvgIpc) is 2.27. The highest BCUT2D eigenvalue weighted by Crippen LogP contribution is 2.42. The summed E-state index contributed by atoms with van der Waals surface area (Å²) in [6.45, 7) is 4.31. The number of aliphatic carboxylic acids is 1. The minimum absolute atomic E-state index is 0. The topological polar surface area (TPSA) is 40.1 Å². The van der Waals surface area contributed by atoms with E-state index in [4.69, 9.17) is 0 Å². The minimum Gasteiger partial charge on any atom is -0.550 e. The van der Waals surface area contributed by atoms with Crippen LogP contribution in [0.4, 0.5) is 0 Å². The molecule has 0 spiro atoms. The third-order valence-corrected chi connectivity index (χ3v) is 4.08. The summed E-state index contributed by atoms with van der Waals surface area (Å²) in [6, 6.07) is 0. The van der Waals surface area contributed by atoms with Gasteiger partial charge in [-0.2, -0.15) is 0 Å². The normalized spacial score (nSPS) is 19.2. The van der Waals surface area contributed by atoms with Crippen LogP contribution in [0.5, 0.6) is 0 Å². The number of carbonyl (C=O) groups excluding carboxylic acids is 1. The highest BCUT2D eigenvalue weighted by atomic mass is 16.4. The predicted molar refractivity (Wildman–Crippen MR) is 65.6 cm³/mol. The van der Waals surface area contributed by atoms with Crippen molar-refractivity contribution in [3.05, 3.63) is 7.43 Å². The summed E-state index contributed by atoms with van der Waals surface area (Å²) in [6.07, 6.45) is 8.01. The van der Waals surface area contributed by atoms with E-state index in [9.17, 15) is 9.90 Å². The summed E-state index contributed by atoms with van der Waals surface area (Å²) in [7, 11) is 0. The second-order valence-corrected chi connectivity index (χ2v) is 5.02. The summed E-state index contributed by atoms with van der Waals surface area (Å²) in [5.41, 5.74) is -0.491. The van der Waals surface area contributed by atoms with Gasteiger partial charge in [0.2, 0.25) is 0 Å². The van der Waals surface area contributed by atoms with E-state index < -0.39 is 11.4 Å². The van der Waals surface area contributed by atoms with Crippen LogP contribution in [0.25, 0.3) is 0 Å². The molecule has 0 bridgehead atoms. The molecular weight excluding hydrogens is 200 g/mol. The molecule has 1 fully saturated rings. The van der Waals surface area contributed by atoms with E-state index in [-0.39, 0.29) is 7.43 Å². The number of rotatable bonds is 5. The first-order chi connectivity index (χ1) is 7.14. The molecule has 0 atom stereocenters. The van der Waals surface area contributed by atoms with Crippen molar-refractivity contribution in [2.45, 2.75) is 65.2 Å². The molecule has 0 aromatic heterocycles. The maximum atomic E-state index is 11.3. The Kier molecular flexibility index (Phi) is 6.54. The lowest BCUT2D eigenvalue weighted by Crippen LogP contribution is -2.44. The first kappa shape index (κ1) is 15.3. The van der Waals surface area contributed by atoms with Crippen LogP contribution in [0.2, 0.25) is 0 Å². The van der Waals surface area contributed by atoms with Crippen LogP contribution in [-0.4, -0.2) is 5.97 Å². The van der Waals surface area contributed by atoms with Gasteiger partial charge in [-0.05, 0) is 25.2 Å². The van der Waals surface area contributed by atoms with Gasteiger partial charge in [-0.15, -0.1) is 0 Å². The fraction of sp³-hybridized carbons (Fsp3) is 0.857. The first-order valence-electron chi connectivity index (χ1n) is 6.36. The van der Waals surface area contributed by atoms with Crippen molar-refractivity contribution in [3.8, 4) is 0 Å². The van der Waals surface area contributed by atoms with E-state index in [1.165, 1.54) is 6.42 Å². The van der Waals surface area contributed by atoms with Gasteiger partial charge in [-0.3, -0.25) is 0 Å². The van der Waals surface area contributed by atoms with Crippen molar-refractivity contribution in [1.82, 2.24) is 0 Å². The van der Waals surface area contributed by atoms with Gasteiger partial charge >= 0.3 is 0 Å². The van der Waals surface area contributed by atoms with Gasteiger partial charge in [0, 0.05) is 18.8 Å². The van der Waals surface area contributed by atoms with Gasteiger partial charge in [-0.25, -0.2) is 0 Å². The molecule has 1 rings (SSSR count). The number of hydrogen-bond acceptors (Lipinski definition) is 2. The van der Waals surface area contributed by atoms with E-state index in [0.717, 1.165) is 44.9 Å². The third-order valence-electron chi connectivity index (χ3n) is 4.08. The first-order valence-corrected chi connectivity index (χ1v) is 6.36. The fourth-order valence-corrected chi connectivity index (χ4v) is 2.85. The van der Waals surface area contributed by atoms with Crippen LogP contribution in [0.1, 0.15) is 65.2 Å². The molecule has 0 amide bonds. The zero-order valence-corrected chi connectivity index (χ0v) is 11.1. The molecule has 0 saturated heterocycles. The molecule has 16 heavy (non-hydrogen) atoms. The molecule has 2 nitrogen and oxygen atoms in total. The maximum Gasteiger partial charge on any atom is 0.0476 e. The standard InChI is InChI=1S/C13H24O2.CH3/c1-3-11(4-2)10-13(12(14)15)8-6-5-7-9-13;/h11H,3-10H2,1-2H3,(H,14,15);1H3/q;+1/p-1. The number of carbonyl (C=O) groups is 1. The molecule has 1 aliphatic rings. The highest BCUT2D eigenvalue weighted by Gasteiger charge is 2.34.